The first kappa shape index (κ1) is 9.00. The fourth-order valence-corrected chi connectivity index (χ4v) is 2.03. The highest BCUT2D eigenvalue weighted by Gasteiger charge is 2.53. The van der Waals surface area contributed by atoms with Gasteiger partial charge < -0.3 is 10.4 Å². The predicted octanol–water partition coefficient (Wildman–Crippen LogP) is 1.24. The summed E-state index contributed by atoms with van der Waals surface area (Å²) in [5.41, 5.74) is 0.504. The maximum Gasteiger partial charge on any atom is 0.320 e. The molecule has 2 aliphatic carbocycles. The highest BCUT2D eigenvalue weighted by molar-refractivity contribution is 5.72. The van der Waals surface area contributed by atoms with E-state index in [9.17, 15) is 4.79 Å². The Balaban J connectivity index is 1.75. The molecule has 0 aromatic rings. The topological polar surface area (TPSA) is 49.3 Å². The van der Waals surface area contributed by atoms with Crippen molar-refractivity contribution in [3.63, 3.8) is 0 Å². The number of aliphatic carboxylic acids is 1. The van der Waals surface area contributed by atoms with Crippen LogP contribution in [-0.4, -0.2) is 23.7 Å². The van der Waals surface area contributed by atoms with Crippen LogP contribution in [0.25, 0.3) is 0 Å². The highest BCUT2D eigenvalue weighted by atomic mass is 16.4. The number of nitrogens with one attached hydrogen (secondary N) is 1. The van der Waals surface area contributed by atoms with Crippen LogP contribution < -0.4 is 5.32 Å². The SMILES string of the molecule is CC(NCC1(C2CC2)CC1)C(=O)O. The fraction of sp³-hybridized carbons (Fsp3) is 0.900. The standard InChI is InChI=1S/C10H17NO2/c1-7(9(12)13)11-6-10(4-5-10)8-2-3-8/h7-8,11H,2-6H2,1H3,(H,12,13). The molecule has 1 atom stereocenters. The minimum Gasteiger partial charge on any atom is -0.480 e. The molecule has 0 aromatic carbocycles. The third-order valence-corrected chi connectivity index (χ3v) is 3.47. The number of hydrogen-bond acceptors (Lipinski definition) is 2. The van der Waals surface area contributed by atoms with Crippen LogP contribution in [-0.2, 0) is 4.79 Å². The van der Waals surface area contributed by atoms with Gasteiger partial charge in [-0.25, -0.2) is 0 Å². The van der Waals surface area contributed by atoms with E-state index < -0.39 is 12.0 Å². The normalized spacial score (nSPS) is 26.8. The predicted molar refractivity (Wildman–Crippen MR) is 49.5 cm³/mol. The van der Waals surface area contributed by atoms with Crippen LogP contribution in [0.1, 0.15) is 32.6 Å². The molecule has 2 fully saturated rings. The lowest BCUT2D eigenvalue weighted by Gasteiger charge is -2.17. The van der Waals surface area contributed by atoms with Crippen LogP contribution in [0.3, 0.4) is 0 Å². The summed E-state index contributed by atoms with van der Waals surface area (Å²) in [4.78, 5) is 10.6. The van der Waals surface area contributed by atoms with Crippen LogP contribution >= 0.6 is 0 Å². The quantitative estimate of drug-likeness (QED) is 0.674. The van der Waals surface area contributed by atoms with Gasteiger partial charge in [-0.3, -0.25) is 4.79 Å². The molecule has 0 amide bonds. The van der Waals surface area contributed by atoms with Gasteiger partial charge in [-0.2, -0.15) is 0 Å². The van der Waals surface area contributed by atoms with E-state index in [0.29, 0.717) is 5.41 Å². The molecule has 2 N–H and O–H groups in total. The largest absolute Gasteiger partial charge is 0.480 e. The van der Waals surface area contributed by atoms with Gasteiger partial charge in [-0.05, 0) is 43.9 Å². The summed E-state index contributed by atoms with van der Waals surface area (Å²) in [6, 6.07) is -0.392. The Bertz CT molecular complexity index is 219. The van der Waals surface area contributed by atoms with E-state index in [1.54, 1.807) is 6.92 Å². The number of hydrogen-bond donors (Lipinski definition) is 2. The fourth-order valence-electron chi connectivity index (χ4n) is 2.03. The summed E-state index contributed by atoms with van der Waals surface area (Å²) >= 11 is 0. The molecule has 0 aliphatic heterocycles. The first-order chi connectivity index (χ1) is 6.14. The maximum atomic E-state index is 10.6. The van der Waals surface area contributed by atoms with Crippen molar-refractivity contribution in [2.24, 2.45) is 11.3 Å². The third kappa shape index (κ3) is 1.85. The summed E-state index contributed by atoms with van der Waals surface area (Å²) < 4.78 is 0. The second kappa shape index (κ2) is 2.98. The Kier molecular flexibility index (Phi) is 2.06. The van der Waals surface area contributed by atoms with E-state index >= 15 is 0 Å². The van der Waals surface area contributed by atoms with Crippen molar-refractivity contribution < 1.29 is 9.90 Å². The van der Waals surface area contributed by atoms with E-state index in [1.165, 1.54) is 25.7 Å². The second-order valence-corrected chi connectivity index (χ2v) is 4.58. The summed E-state index contributed by atoms with van der Waals surface area (Å²) in [6.07, 6.45) is 5.33. The molecule has 0 spiro atoms. The lowest BCUT2D eigenvalue weighted by Crippen LogP contribution is -2.38. The third-order valence-electron chi connectivity index (χ3n) is 3.47. The molecule has 13 heavy (non-hydrogen) atoms. The van der Waals surface area contributed by atoms with E-state index in [1.807, 2.05) is 0 Å². The molecule has 0 bridgehead atoms. The van der Waals surface area contributed by atoms with Gasteiger partial charge in [0, 0.05) is 6.54 Å². The molecule has 2 saturated carbocycles. The van der Waals surface area contributed by atoms with Gasteiger partial charge in [0.05, 0.1) is 0 Å². The van der Waals surface area contributed by atoms with Crippen LogP contribution in [0, 0.1) is 11.3 Å². The minimum atomic E-state index is -0.744. The Morgan fingerprint density at radius 2 is 2.23 bits per heavy atom. The van der Waals surface area contributed by atoms with Gasteiger partial charge in [0.1, 0.15) is 6.04 Å². The lowest BCUT2D eigenvalue weighted by molar-refractivity contribution is -0.139. The monoisotopic (exact) mass is 183 g/mol. The van der Waals surface area contributed by atoms with Crippen LogP contribution in [0.2, 0.25) is 0 Å². The summed E-state index contributed by atoms with van der Waals surface area (Å²) in [5.74, 6) is 0.160. The summed E-state index contributed by atoms with van der Waals surface area (Å²) in [7, 11) is 0. The Morgan fingerprint density at radius 1 is 1.62 bits per heavy atom. The molecule has 3 nitrogen and oxygen atoms in total. The minimum absolute atomic E-state index is 0.392. The summed E-state index contributed by atoms with van der Waals surface area (Å²) in [5, 5.41) is 11.8. The van der Waals surface area contributed by atoms with Gasteiger partial charge in [0.2, 0.25) is 0 Å². The van der Waals surface area contributed by atoms with Gasteiger partial charge in [0.25, 0.3) is 0 Å². The van der Waals surface area contributed by atoms with Crippen molar-refractivity contribution in [3.8, 4) is 0 Å². The number of rotatable bonds is 5. The first-order valence-electron chi connectivity index (χ1n) is 5.10. The molecule has 2 rings (SSSR count). The summed E-state index contributed by atoms with van der Waals surface area (Å²) in [6.45, 7) is 2.62. The van der Waals surface area contributed by atoms with Crippen molar-refractivity contribution in [1.82, 2.24) is 5.32 Å². The van der Waals surface area contributed by atoms with Crippen LogP contribution in [0.4, 0.5) is 0 Å². The molecule has 74 valence electrons. The molecule has 1 unspecified atom stereocenters. The van der Waals surface area contributed by atoms with E-state index in [0.717, 1.165) is 12.5 Å². The average Bonchev–Trinajstić information content (AvgIpc) is 2.90. The molecule has 0 heterocycles. The van der Waals surface area contributed by atoms with Crippen molar-refractivity contribution in [2.75, 3.05) is 6.54 Å². The smallest absolute Gasteiger partial charge is 0.320 e. The molecular weight excluding hydrogens is 166 g/mol. The molecular formula is C10H17NO2. The Labute approximate surface area is 78.5 Å². The van der Waals surface area contributed by atoms with Crippen LogP contribution in [0.15, 0.2) is 0 Å². The van der Waals surface area contributed by atoms with Crippen molar-refractivity contribution >= 4 is 5.97 Å². The lowest BCUT2D eigenvalue weighted by atomic mass is 10.0. The number of carboxylic acid groups (broad SMARTS) is 1. The van der Waals surface area contributed by atoms with E-state index in [4.69, 9.17) is 5.11 Å². The molecule has 2 aliphatic rings. The van der Waals surface area contributed by atoms with Gasteiger partial charge in [-0.15, -0.1) is 0 Å². The van der Waals surface area contributed by atoms with Crippen LogP contribution in [0.5, 0.6) is 0 Å². The number of carboxylic acids is 1. The average molecular weight is 183 g/mol. The van der Waals surface area contributed by atoms with Crippen molar-refractivity contribution in [3.05, 3.63) is 0 Å². The molecule has 0 saturated heterocycles. The van der Waals surface area contributed by atoms with Crippen molar-refractivity contribution in [2.45, 2.75) is 38.6 Å². The van der Waals surface area contributed by atoms with Gasteiger partial charge in [0.15, 0.2) is 0 Å². The Morgan fingerprint density at radius 3 is 2.62 bits per heavy atom. The van der Waals surface area contributed by atoms with Gasteiger partial charge in [-0.1, -0.05) is 0 Å². The molecule has 3 heteroatoms. The second-order valence-electron chi connectivity index (χ2n) is 4.58. The van der Waals surface area contributed by atoms with E-state index in [-0.39, 0.29) is 0 Å². The molecule has 0 radical (unpaired) electrons. The Hall–Kier alpha value is -0.570. The molecule has 0 aromatic heterocycles. The zero-order valence-electron chi connectivity index (χ0n) is 8.05. The first-order valence-corrected chi connectivity index (χ1v) is 5.10. The van der Waals surface area contributed by atoms with Gasteiger partial charge >= 0.3 is 5.97 Å². The van der Waals surface area contributed by atoms with E-state index in [2.05, 4.69) is 5.32 Å². The van der Waals surface area contributed by atoms with Crippen molar-refractivity contribution in [1.29, 1.82) is 0 Å². The maximum absolute atomic E-state index is 10.6. The zero-order chi connectivity index (χ0) is 9.47. The highest BCUT2D eigenvalue weighted by Crippen LogP contribution is 2.60. The number of carbonyl (C=O) groups is 1. The zero-order valence-corrected chi connectivity index (χ0v) is 8.05.